The molecule has 2 aromatic carbocycles. The molecule has 0 bridgehead atoms. The monoisotopic (exact) mass is 248 g/mol. The van der Waals surface area contributed by atoms with E-state index in [0.29, 0.717) is 16.9 Å². The summed E-state index contributed by atoms with van der Waals surface area (Å²) in [5.41, 5.74) is 3.06. The Morgan fingerprint density at radius 2 is 1.37 bits per heavy atom. The van der Waals surface area contributed by atoms with Gasteiger partial charge in [0, 0.05) is 0 Å². The molecule has 92 valence electrons. The molecule has 3 heteroatoms. The van der Waals surface area contributed by atoms with Gasteiger partial charge in [0.2, 0.25) is 0 Å². The minimum Gasteiger partial charge on any atom is -0.457 e. The molecular weight excluding hydrogens is 236 g/mol. The van der Waals surface area contributed by atoms with Gasteiger partial charge in [-0.05, 0) is 61.4 Å². The van der Waals surface area contributed by atoms with Crippen LogP contribution >= 0.6 is 0 Å². The first-order valence-electron chi connectivity index (χ1n) is 5.83. The van der Waals surface area contributed by atoms with Crippen LogP contribution in [0.1, 0.15) is 22.3 Å². The summed E-state index contributed by atoms with van der Waals surface area (Å²) in [6.45, 7) is 3.82. The molecule has 2 rings (SSSR count). The normalized spacial score (nSPS) is 9.47. The zero-order valence-corrected chi connectivity index (χ0v) is 10.8. The van der Waals surface area contributed by atoms with Crippen LogP contribution in [0.2, 0.25) is 0 Å². The van der Waals surface area contributed by atoms with E-state index in [-0.39, 0.29) is 0 Å². The molecule has 0 heterocycles. The Labute approximate surface area is 112 Å². The van der Waals surface area contributed by atoms with Gasteiger partial charge in [-0.15, -0.1) is 0 Å². The number of benzene rings is 2. The number of nitrogens with zero attached hydrogens (tertiary/aromatic N) is 2. The highest BCUT2D eigenvalue weighted by atomic mass is 16.5. The molecule has 0 atom stereocenters. The van der Waals surface area contributed by atoms with Gasteiger partial charge in [-0.2, -0.15) is 10.5 Å². The first kappa shape index (κ1) is 12.7. The molecule has 0 unspecified atom stereocenters. The molecule has 0 aromatic heterocycles. The average Bonchev–Trinajstić information content (AvgIpc) is 2.43. The minimum atomic E-state index is 0.598. The summed E-state index contributed by atoms with van der Waals surface area (Å²) in [5, 5.41) is 17.6. The van der Waals surface area contributed by atoms with Crippen molar-refractivity contribution < 1.29 is 4.74 Å². The second kappa shape index (κ2) is 5.25. The lowest BCUT2D eigenvalue weighted by Crippen LogP contribution is -1.92. The zero-order chi connectivity index (χ0) is 13.8. The van der Waals surface area contributed by atoms with Crippen LogP contribution < -0.4 is 4.74 Å². The molecule has 0 amide bonds. The van der Waals surface area contributed by atoms with E-state index in [0.717, 1.165) is 16.9 Å². The third-order valence-electron chi connectivity index (χ3n) is 2.79. The van der Waals surface area contributed by atoms with Gasteiger partial charge in [0.05, 0.1) is 23.3 Å². The Bertz CT molecular complexity index is 665. The molecule has 0 saturated heterocycles. The molecule has 0 radical (unpaired) electrons. The number of nitriles is 2. The summed E-state index contributed by atoms with van der Waals surface area (Å²) >= 11 is 0. The number of ether oxygens (including phenoxy) is 1. The summed E-state index contributed by atoms with van der Waals surface area (Å²) < 4.78 is 5.82. The summed E-state index contributed by atoms with van der Waals surface area (Å²) in [6.07, 6.45) is 0. The van der Waals surface area contributed by atoms with Gasteiger partial charge < -0.3 is 4.74 Å². The van der Waals surface area contributed by atoms with E-state index >= 15 is 0 Å². The molecule has 0 spiro atoms. The molecule has 0 N–H and O–H groups in total. The first-order valence-corrected chi connectivity index (χ1v) is 5.83. The Morgan fingerprint density at radius 3 is 1.84 bits per heavy atom. The van der Waals surface area contributed by atoms with Crippen LogP contribution in [0.4, 0.5) is 0 Å². The van der Waals surface area contributed by atoms with Gasteiger partial charge in [0.25, 0.3) is 0 Å². The number of hydrogen-bond donors (Lipinski definition) is 0. The van der Waals surface area contributed by atoms with Crippen LogP contribution in [0.15, 0.2) is 36.4 Å². The Hall–Kier alpha value is -2.78. The van der Waals surface area contributed by atoms with E-state index in [2.05, 4.69) is 12.1 Å². The maximum Gasteiger partial charge on any atom is 0.133 e. The van der Waals surface area contributed by atoms with E-state index < -0.39 is 0 Å². The molecule has 0 aliphatic heterocycles. The largest absolute Gasteiger partial charge is 0.457 e. The molecule has 19 heavy (non-hydrogen) atoms. The highest BCUT2D eigenvalue weighted by Crippen LogP contribution is 2.29. The van der Waals surface area contributed by atoms with Crippen molar-refractivity contribution in [3.05, 3.63) is 58.7 Å². The maximum atomic E-state index is 8.90. The summed E-state index contributed by atoms with van der Waals surface area (Å²) in [5.74, 6) is 1.43. The van der Waals surface area contributed by atoms with E-state index in [4.69, 9.17) is 15.3 Å². The first-order chi connectivity index (χ1) is 9.13. The quantitative estimate of drug-likeness (QED) is 0.811. The van der Waals surface area contributed by atoms with Gasteiger partial charge >= 0.3 is 0 Å². The van der Waals surface area contributed by atoms with Crippen molar-refractivity contribution in [2.75, 3.05) is 0 Å². The Kier molecular flexibility index (Phi) is 3.50. The molecule has 0 fully saturated rings. The maximum absolute atomic E-state index is 8.90. The van der Waals surface area contributed by atoms with Crippen molar-refractivity contribution in [2.24, 2.45) is 0 Å². The van der Waals surface area contributed by atoms with E-state index in [1.807, 2.05) is 13.8 Å². The van der Waals surface area contributed by atoms with Crippen LogP contribution in [0.5, 0.6) is 11.5 Å². The minimum absolute atomic E-state index is 0.598. The number of hydrogen-bond acceptors (Lipinski definition) is 3. The summed E-state index contributed by atoms with van der Waals surface area (Å²) in [4.78, 5) is 0. The predicted molar refractivity (Wildman–Crippen MR) is 71.9 cm³/mol. The molecule has 3 nitrogen and oxygen atoms in total. The van der Waals surface area contributed by atoms with Gasteiger partial charge in [-0.3, -0.25) is 0 Å². The van der Waals surface area contributed by atoms with Crippen LogP contribution in [-0.4, -0.2) is 0 Å². The van der Waals surface area contributed by atoms with E-state index in [9.17, 15) is 0 Å². The lowest BCUT2D eigenvalue weighted by molar-refractivity contribution is 0.475. The van der Waals surface area contributed by atoms with Gasteiger partial charge in [0.15, 0.2) is 0 Å². The van der Waals surface area contributed by atoms with Crippen LogP contribution in [-0.2, 0) is 0 Å². The third kappa shape index (κ3) is 2.73. The zero-order valence-electron chi connectivity index (χ0n) is 10.8. The number of aryl methyl sites for hydroxylation is 2. The molecule has 2 aromatic rings. The molecular formula is C16H12N2O. The highest BCUT2D eigenvalue weighted by Gasteiger charge is 2.07. The van der Waals surface area contributed by atoms with Crippen LogP contribution in [0, 0.1) is 36.5 Å². The molecule has 0 saturated carbocycles. The number of rotatable bonds is 2. The Morgan fingerprint density at radius 1 is 0.842 bits per heavy atom. The van der Waals surface area contributed by atoms with Gasteiger partial charge in [-0.25, -0.2) is 0 Å². The highest BCUT2D eigenvalue weighted by molar-refractivity contribution is 5.49. The fourth-order valence-electron chi connectivity index (χ4n) is 1.89. The second-order valence-corrected chi connectivity index (χ2v) is 4.29. The van der Waals surface area contributed by atoms with Gasteiger partial charge in [-0.1, -0.05) is 0 Å². The smallest absolute Gasteiger partial charge is 0.133 e. The van der Waals surface area contributed by atoms with Crippen molar-refractivity contribution in [1.29, 1.82) is 10.5 Å². The van der Waals surface area contributed by atoms with Gasteiger partial charge in [0.1, 0.15) is 11.5 Å². The lowest BCUT2D eigenvalue weighted by atomic mass is 10.1. The topological polar surface area (TPSA) is 56.8 Å². The summed E-state index contributed by atoms with van der Waals surface area (Å²) in [7, 11) is 0. The van der Waals surface area contributed by atoms with Crippen LogP contribution in [0.25, 0.3) is 0 Å². The fraction of sp³-hybridized carbons (Fsp3) is 0.125. The van der Waals surface area contributed by atoms with E-state index in [1.54, 1.807) is 36.4 Å². The van der Waals surface area contributed by atoms with E-state index in [1.165, 1.54) is 0 Å². The summed E-state index contributed by atoms with van der Waals surface area (Å²) in [6, 6.07) is 14.7. The predicted octanol–water partition coefficient (Wildman–Crippen LogP) is 3.84. The Balaban J connectivity index is 2.33. The van der Waals surface area contributed by atoms with Crippen molar-refractivity contribution in [2.45, 2.75) is 13.8 Å². The molecule has 0 aliphatic rings. The third-order valence-corrected chi connectivity index (χ3v) is 2.79. The molecule has 0 aliphatic carbocycles. The average molecular weight is 248 g/mol. The fourth-order valence-corrected chi connectivity index (χ4v) is 1.89. The van der Waals surface area contributed by atoms with Crippen molar-refractivity contribution in [3.8, 4) is 23.6 Å². The second-order valence-electron chi connectivity index (χ2n) is 4.29. The van der Waals surface area contributed by atoms with Crippen LogP contribution in [0.3, 0.4) is 0 Å². The van der Waals surface area contributed by atoms with Crippen molar-refractivity contribution >= 4 is 0 Å². The van der Waals surface area contributed by atoms with Crippen molar-refractivity contribution in [3.63, 3.8) is 0 Å². The lowest BCUT2D eigenvalue weighted by Gasteiger charge is -2.12. The van der Waals surface area contributed by atoms with Crippen molar-refractivity contribution in [1.82, 2.24) is 0 Å². The SMILES string of the molecule is Cc1cc(C#N)cc(C)c1Oc1ccc(C#N)cc1. The standard InChI is InChI=1S/C16H12N2O/c1-11-7-14(10-18)8-12(2)16(11)19-15-5-3-13(9-17)4-6-15/h3-8H,1-2H3.